The zero-order valence-corrected chi connectivity index (χ0v) is 7.83. The van der Waals surface area contributed by atoms with Gasteiger partial charge in [-0.05, 0) is 17.7 Å². The summed E-state index contributed by atoms with van der Waals surface area (Å²) >= 11 is 5.64. The van der Waals surface area contributed by atoms with Gasteiger partial charge in [-0.1, -0.05) is 17.7 Å². The highest BCUT2D eigenvalue weighted by atomic mass is 35.5. The molecule has 4 N–H and O–H groups in total. The first kappa shape index (κ1) is 10.3. The number of halogens is 1. The maximum Gasteiger partial charge on any atom is 0.120 e. The smallest absolute Gasteiger partial charge is 0.120 e. The molecule has 0 fully saturated rings. The monoisotopic (exact) mass is 201 g/mol. The van der Waals surface area contributed by atoms with Crippen LogP contribution in [0.15, 0.2) is 18.2 Å². The molecule has 0 aliphatic carbocycles. The van der Waals surface area contributed by atoms with Crippen LogP contribution < -0.4 is 5.73 Å². The highest BCUT2D eigenvalue weighted by Crippen LogP contribution is 2.22. The summed E-state index contributed by atoms with van der Waals surface area (Å²) in [6, 6.07) is 4.79. The largest absolute Gasteiger partial charge is 0.508 e. The van der Waals surface area contributed by atoms with E-state index in [1.165, 1.54) is 6.07 Å². The van der Waals surface area contributed by atoms with Crippen LogP contribution in [0.3, 0.4) is 0 Å². The average Bonchev–Trinajstić information content (AvgIpc) is 2.09. The predicted molar refractivity (Wildman–Crippen MR) is 51.9 cm³/mol. The number of aliphatic hydroxyl groups is 1. The molecule has 1 rings (SSSR count). The minimum Gasteiger partial charge on any atom is -0.508 e. The highest BCUT2D eigenvalue weighted by Gasteiger charge is 2.07. The molecule has 0 aliphatic heterocycles. The topological polar surface area (TPSA) is 66.5 Å². The van der Waals surface area contributed by atoms with Gasteiger partial charge in [0.1, 0.15) is 5.75 Å². The van der Waals surface area contributed by atoms with Crippen LogP contribution in [0, 0.1) is 0 Å². The molecule has 3 nitrogen and oxygen atoms in total. The standard InChI is InChI=1S/C9H12ClNO2/c10-7-2-1-6(9(13)4-7)3-8(12)5-11/h1-2,4,8,12-13H,3,5,11H2. The van der Waals surface area contributed by atoms with E-state index in [2.05, 4.69) is 0 Å². The zero-order valence-electron chi connectivity index (χ0n) is 7.07. The van der Waals surface area contributed by atoms with Gasteiger partial charge in [0.05, 0.1) is 6.10 Å². The number of aliphatic hydroxyl groups excluding tert-OH is 1. The van der Waals surface area contributed by atoms with Crippen LogP contribution in [0.1, 0.15) is 5.56 Å². The fraction of sp³-hybridized carbons (Fsp3) is 0.333. The molecule has 1 unspecified atom stereocenters. The Morgan fingerprint density at radius 2 is 2.15 bits per heavy atom. The summed E-state index contributed by atoms with van der Waals surface area (Å²) in [4.78, 5) is 0. The van der Waals surface area contributed by atoms with Crippen molar-refractivity contribution in [3.63, 3.8) is 0 Å². The van der Waals surface area contributed by atoms with Gasteiger partial charge in [0.25, 0.3) is 0 Å². The van der Waals surface area contributed by atoms with Gasteiger partial charge in [-0.3, -0.25) is 0 Å². The van der Waals surface area contributed by atoms with Gasteiger partial charge < -0.3 is 15.9 Å². The van der Waals surface area contributed by atoms with E-state index >= 15 is 0 Å². The van der Waals surface area contributed by atoms with Gasteiger partial charge >= 0.3 is 0 Å². The molecule has 0 aliphatic rings. The minimum absolute atomic E-state index is 0.0972. The lowest BCUT2D eigenvalue weighted by molar-refractivity contribution is 0.182. The Morgan fingerprint density at radius 1 is 1.46 bits per heavy atom. The highest BCUT2D eigenvalue weighted by molar-refractivity contribution is 6.30. The summed E-state index contributed by atoms with van der Waals surface area (Å²) < 4.78 is 0. The number of nitrogens with two attached hydrogens (primary N) is 1. The lowest BCUT2D eigenvalue weighted by Crippen LogP contribution is -2.21. The van der Waals surface area contributed by atoms with E-state index in [9.17, 15) is 10.2 Å². The Labute approximate surface area is 81.8 Å². The van der Waals surface area contributed by atoms with E-state index in [1.54, 1.807) is 12.1 Å². The third-order valence-electron chi connectivity index (χ3n) is 1.77. The van der Waals surface area contributed by atoms with Crippen molar-refractivity contribution in [2.75, 3.05) is 6.54 Å². The van der Waals surface area contributed by atoms with Crippen LogP contribution in [0.2, 0.25) is 5.02 Å². The molecular formula is C9H12ClNO2. The summed E-state index contributed by atoms with van der Waals surface area (Å²) in [7, 11) is 0. The second-order valence-corrected chi connectivity index (χ2v) is 3.30. The molecule has 0 amide bonds. The molecular weight excluding hydrogens is 190 g/mol. The molecule has 13 heavy (non-hydrogen) atoms. The van der Waals surface area contributed by atoms with E-state index in [0.717, 1.165) is 0 Å². The van der Waals surface area contributed by atoms with Crippen LogP contribution in [0.25, 0.3) is 0 Å². The van der Waals surface area contributed by atoms with Gasteiger partial charge in [-0.2, -0.15) is 0 Å². The second-order valence-electron chi connectivity index (χ2n) is 2.87. The Hall–Kier alpha value is -0.770. The Bertz CT molecular complexity index is 291. The fourth-order valence-electron chi connectivity index (χ4n) is 1.05. The fourth-order valence-corrected chi connectivity index (χ4v) is 1.21. The molecule has 72 valence electrons. The Kier molecular flexibility index (Phi) is 3.54. The second kappa shape index (κ2) is 4.46. The molecule has 0 saturated carbocycles. The average molecular weight is 202 g/mol. The number of aromatic hydroxyl groups is 1. The maximum atomic E-state index is 9.40. The molecule has 1 aromatic rings. The van der Waals surface area contributed by atoms with Crippen LogP contribution in [-0.2, 0) is 6.42 Å². The summed E-state index contributed by atoms with van der Waals surface area (Å²) in [5, 5.41) is 19.1. The third kappa shape index (κ3) is 2.88. The first-order chi connectivity index (χ1) is 6.13. The molecule has 0 bridgehead atoms. The van der Waals surface area contributed by atoms with E-state index < -0.39 is 6.10 Å². The van der Waals surface area contributed by atoms with Crippen molar-refractivity contribution in [3.05, 3.63) is 28.8 Å². The Morgan fingerprint density at radius 3 is 2.69 bits per heavy atom. The van der Waals surface area contributed by atoms with Gasteiger partial charge in [0.15, 0.2) is 0 Å². The molecule has 1 atom stereocenters. The molecule has 1 aromatic carbocycles. The van der Waals surface area contributed by atoms with Gasteiger partial charge in [0.2, 0.25) is 0 Å². The quantitative estimate of drug-likeness (QED) is 0.681. The number of hydrogen-bond donors (Lipinski definition) is 3. The van der Waals surface area contributed by atoms with E-state index in [0.29, 0.717) is 17.0 Å². The number of phenolic OH excluding ortho intramolecular Hbond substituents is 1. The van der Waals surface area contributed by atoms with Crippen molar-refractivity contribution < 1.29 is 10.2 Å². The third-order valence-corrected chi connectivity index (χ3v) is 2.01. The van der Waals surface area contributed by atoms with Crippen molar-refractivity contribution in [1.82, 2.24) is 0 Å². The van der Waals surface area contributed by atoms with Crippen molar-refractivity contribution in [2.24, 2.45) is 5.73 Å². The predicted octanol–water partition coefficient (Wildman–Crippen LogP) is 0.908. The maximum absolute atomic E-state index is 9.40. The van der Waals surface area contributed by atoms with Crippen LogP contribution >= 0.6 is 11.6 Å². The zero-order chi connectivity index (χ0) is 9.84. The van der Waals surface area contributed by atoms with Crippen molar-refractivity contribution >= 4 is 11.6 Å². The first-order valence-electron chi connectivity index (χ1n) is 3.99. The lowest BCUT2D eigenvalue weighted by atomic mass is 10.1. The molecule has 4 heteroatoms. The molecule has 0 radical (unpaired) electrons. The van der Waals surface area contributed by atoms with E-state index in [4.69, 9.17) is 17.3 Å². The minimum atomic E-state index is -0.618. The van der Waals surface area contributed by atoms with Crippen molar-refractivity contribution in [1.29, 1.82) is 0 Å². The van der Waals surface area contributed by atoms with Crippen LogP contribution in [0.5, 0.6) is 5.75 Å². The number of benzene rings is 1. The van der Waals surface area contributed by atoms with Crippen LogP contribution in [-0.4, -0.2) is 22.9 Å². The summed E-state index contributed by atoms with van der Waals surface area (Å²) in [5.41, 5.74) is 5.90. The first-order valence-corrected chi connectivity index (χ1v) is 4.37. The normalized spacial score (nSPS) is 12.8. The summed E-state index contributed by atoms with van der Waals surface area (Å²) in [5.74, 6) is 0.0972. The SMILES string of the molecule is NCC(O)Cc1ccc(Cl)cc1O. The van der Waals surface area contributed by atoms with Gasteiger partial charge in [0, 0.05) is 18.0 Å². The van der Waals surface area contributed by atoms with Crippen LogP contribution in [0.4, 0.5) is 0 Å². The van der Waals surface area contributed by atoms with E-state index in [1.807, 2.05) is 0 Å². The molecule has 0 aromatic heterocycles. The van der Waals surface area contributed by atoms with Crippen molar-refractivity contribution in [3.8, 4) is 5.75 Å². The Balaban J connectivity index is 2.77. The number of rotatable bonds is 3. The lowest BCUT2D eigenvalue weighted by Gasteiger charge is -2.09. The summed E-state index contributed by atoms with van der Waals surface area (Å²) in [6.07, 6.45) is -0.272. The van der Waals surface area contributed by atoms with E-state index in [-0.39, 0.29) is 12.3 Å². The molecule has 0 spiro atoms. The van der Waals surface area contributed by atoms with Crippen molar-refractivity contribution in [2.45, 2.75) is 12.5 Å². The molecule has 0 saturated heterocycles. The van der Waals surface area contributed by atoms with Gasteiger partial charge in [-0.15, -0.1) is 0 Å². The summed E-state index contributed by atoms with van der Waals surface area (Å²) in [6.45, 7) is 0.183. The molecule has 0 heterocycles. The number of phenols is 1. The number of hydrogen-bond acceptors (Lipinski definition) is 3. The van der Waals surface area contributed by atoms with Gasteiger partial charge in [-0.25, -0.2) is 0 Å².